The van der Waals surface area contributed by atoms with Gasteiger partial charge in [0.05, 0.1) is 0 Å². The van der Waals surface area contributed by atoms with E-state index in [1.807, 2.05) is 0 Å². The second-order valence-electron chi connectivity index (χ2n) is 5.71. The molecule has 0 bridgehead atoms. The second-order valence-corrected chi connectivity index (χ2v) is 5.71. The highest BCUT2D eigenvalue weighted by Gasteiger charge is 2.35. The van der Waals surface area contributed by atoms with E-state index in [1.54, 1.807) is 27.7 Å². The number of ether oxygens (including phenoxy) is 1. The number of hydrogen-bond acceptors (Lipinski definition) is 5. The van der Waals surface area contributed by atoms with Crippen molar-refractivity contribution in [2.45, 2.75) is 39.3 Å². The molecule has 2 N–H and O–H groups in total. The van der Waals surface area contributed by atoms with Gasteiger partial charge < -0.3 is 10.5 Å². The normalized spacial score (nSPS) is 18.6. The lowest BCUT2D eigenvalue weighted by molar-refractivity contribution is -0.151. The fraction of sp³-hybridized carbons (Fsp3) is 0.750. The molecule has 1 atom stereocenters. The number of piperazine rings is 1. The van der Waals surface area contributed by atoms with E-state index in [-0.39, 0.29) is 25.7 Å². The molecule has 1 aliphatic rings. The Morgan fingerprint density at radius 2 is 1.79 bits per heavy atom. The number of nitrogens with two attached hydrogens (primary N) is 1. The molecule has 0 aliphatic carbocycles. The molecule has 0 radical (unpaired) electrons. The molecule has 1 fully saturated rings. The first-order valence-corrected chi connectivity index (χ1v) is 6.17. The molecule has 1 rings (SSSR count). The topological polar surface area (TPSA) is 92.9 Å². The van der Waals surface area contributed by atoms with Gasteiger partial charge in [0.2, 0.25) is 11.8 Å². The molecule has 3 amide bonds. The maximum Gasteiger partial charge on any atom is 0.411 e. The average molecular weight is 271 g/mol. The molecule has 0 aromatic carbocycles. The summed E-state index contributed by atoms with van der Waals surface area (Å²) in [6.07, 6.45) is -0.658. The third kappa shape index (κ3) is 4.51. The van der Waals surface area contributed by atoms with Crippen LogP contribution in [0.5, 0.6) is 0 Å². The molecular weight excluding hydrogens is 250 g/mol. The van der Waals surface area contributed by atoms with Crippen molar-refractivity contribution in [1.82, 2.24) is 9.80 Å². The fourth-order valence-corrected chi connectivity index (χ4v) is 1.64. The summed E-state index contributed by atoms with van der Waals surface area (Å²) in [4.78, 5) is 37.6. The number of nitrogens with zero attached hydrogens (tertiary/aromatic N) is 2. The largest absolute Gasteiger partial charge is 0.444 e. The van der Waals surface area contributed by atoms with E-state index in [9.17, 15) is 14.4 Å². The van der Waals surface area contributed by atoms with E-state index >= 15 is 0 Å². The maximum atomic E-state index is 11.8. The van der Waals surface area contributed by atoms with Gasteiger partial charge in [-0.3, -0.25) is 19.4 Å². The summed E-state index contributed by atoms with van der Waals surface area (Å²) >= 11 is 0. The highest BCUT2D eigenvalue weighted by Crippen LogP contribution is 2.13. The second kappa shape index (κ2) is 5.56. The minimum atomic E-state index is -0.661. The minimum Gasteiger partial charge on any atom is -0.444 e. The molecule has 108 valence electrons. The highest BCUT2D eigenvalue weighted by molar-refractivity contribution is 6.01. The van der Waals surface area contributed by atoms with Gasteiger partial charge in [-0.1, -0.05) is 0 Å². The van der Waals surface area contributed by atoms with Crippen LogP contribution in [0.2, 0.25) is 0 Å². The van der Waals surface area contributed by atoms with Crippen molar-refractivity contribution < 1.29 is 19.1 Å². The number of carbonyl (C=O) groups is 3. The van der Waals surface area contributed by atoms with Gasteiger partial charge in [0.25, 0.3) is 0 Å². The molecule has 0 saturated carbocycles. The molecule has 0 spiro atoms. The van der Waals surface area contributed by atoms with Crippen LogP contribution in [0.3, 0.4) is 0 Å². The molecular formula is C12H21N3O4. The summed E-state index contributed by atoms with van der Waals surface area (Å²) in [6, 6.07) is -0.291. The predicted octanol–water partition coefficient (Wildman–Crippen LogP) is -0.0605. The Hall–Kier alpha value is -1.63. The smallest absolute Gasteiger partial charge is 0.411 e. The van der Waals surface area contributed by atoms with Crippen LogP contribution in [0.15, 0.2) is 0 Å². The van der Waals surface area contributed by atoms with E-state index in [4.69, 9.17) is 10.5 Å². The van der Waals surface area contributed by atoms with Crippen molar-refractivity contribution >= 4 is 17.9 Å². The molecule has 1 unspecified atom stereocenters. The number of hydrogen-bond donors (Lipinski definition) is 1. The standard InChI is InChI=1S/C12H21N3O4/c1-8(13)5-15-9(16)6-14(7-10(15)17)11(18)19-12(2,3)4/h8H,5-7,13H2,1-4H3. The molecule has 1 heterocycles. The fourth-order valence-electron chi connectivity index (χ4n) is 1.64. The van der Waals surface area contributed by atoms with Crippen molar-refractivity contribution in [2.75, 3.05) is 19.6 Å². The van der Waals surface area contributed by atoms with Crippen LogP contribution in [0.1, 0.15) is 27.7 Å². The van der Waals surface area contributed by atoms with Crippen LogP contribution in [-0.4, -0.2) is 59.0 Å². The molecule has 0 aromatic rings. The summed E-state index contributed by atoms with van der Waals surface area (Å²) in [5, 5.41) is 0. The zero-order valence-electron chi connectivity index (χ0n) is 11.8. The Morgan fingerprint density at radius 3 is 2.16 bits per heavy atom. The Morgan fingerprint density at radius 1 is 1.32 bits per heavy atom. The average Bonchev–Trinajstić information content (AvgIpc) is 2.20. The predicted molar refractivity (Wildman–Crippen MR) is 68.2 cm³/mol. The van der Waals surface area contributed by atoms with Crippen LogP contribution < -0.4 is 5.73 Å². The quantitative estimate of drug-likeness (QED) is 0.710. The zero-order chi connectivity index (χ0) is 14.8. The lowest BCUT2D eigenvalue weighted by Gasteiger charge is -2.34. The van der Waals surface area contributed by atoms with Crippen molar-refractivity contribution in [2.24, 2.45) is 5.73 Å². The Balaban J connectivity index is 2.67. The number of imide groups is 1. The van der Waals surface area contributed by atoms with E-state index in [1.165, 1.54) is 0 Å². The summed E-state index contributed by atoms with van der Waals surface area (Å²) in [6.45, 7) is 6.73. The van der Waals surface area contributed by atoms with Gasteiger partial charge in [0.15, 0.2) is 0 Å². The van der Waals surface area contributed by atoms with Gasteiger partial charge in [-0.05, 0) is 27.7 Å². The first-order chi connectivity index (χ1) is 8.60. The van der Waals surface area contributed by atoms with Gasteiger partial charge in [-0.15, -0.1) is 0 Å². The maximum absolute atomic E-state index is 11.8. The first kappa shape index (κ1) is 15.4. The van der Waals surface area contributed by atoms with Gasteiger partial charge in [0.1, 0.15) is 18.7 Å². The molecule has 1 saturated heterocycles. The number of rotatable bonds is 2. The Kier molecular flexibility index (Phi) is 4.52. The third-order valence-electron chi connectivity index (χ3n) is 2.38. The van der Waals surface area contributed by atoms with Crippen molar-refractivity contribution in [3.63, 3.8) is 0 Å². The van der Waals surface area contributed by atoms with E-state index in [0.29, 0.717) is 0 Å². The molecule has 1 aliphatic heterocycles. The molecule has 7 nitrogen and oxygen atoms in total. The Labute approximate surface area is 112 Å². The highest BCUT2D eigenvalue weighted by atomic mass is 16.6. The van der Waals surface area contributed by atoms with E-state index in [2.05, 4.69) is 0 Å². The monoisotopic (exact) mass is 271 g/mol. The lowest BCUT2D eigenvalue weighted by Crippen LogP contribution is -2.58. The van der Waals surface area contributed by atoms with Crippen molar-refractivity contribution in [3.05, 3.63) is 0 Å². The van der Waals surface area contributed by atoms with Crippen molar-refractivity contribution in [1.29, 1.82) is 0 Å². The van der Waals surface area contributed by atoms with Crippen molar-refractivity contribution in [3.8, 4) is 0 Å². The lowest BCUT2D eigenvalue weighted by atomic mass is 10.2. The molecule has 7 heteroatoms. The summed E-state index contributed by atoms with van der Waals surface area (Å²) in [7, 11) is 0. The summed E-state index contributed by atoms with van der Waals surface area (Å²) in [5.41, 5.74) is 4.91. The van der Waals surface area contributed by atoms with Crippen LogP contribution in [-0.2, 0) is 14.3 Å². The van der Waals surface area contributed by atoms with Crippen LogP contribution >= 0.6 is 0 Å². The number of amides is 3. The summed E-state index contributed by atoms with van der Waals surface area (Å²) in [5.74, 6) is -0.862. The third-order valence-corrected chi connectivity index (χ3v) is 2.38. The van der Waals surface area contributed by atoms with Crippen LogP contribution in [0.4, 0.5) is 4.79 Å². The Bertz CT molecular complexity index is 369. The van der Waals surface area contributed by atoms with E-state index in [0.717, 1.165) is 9.80 Å². The van der Waals surface area contributed by atoms with Crippen LogP contribution in [0, 0.1) is 0 Å². The van der Waals surface area contributed by atoms with Gasteiger partial charge in [-0.2, -0.15) is 0 Å². The summed E-state index contributed by atoms with van der Waals surface area (Å²) < 4.78 is 5.13. The SMILES string of the molecule is CC(N)CN1C(=O)CN(C(=O)OC(C)(C)C)CC1=O. The molecule has 0 aromatic heterocycles. The minimum absolute atomic E-state index is 0.159. The molecule has 19 heavy (non-hydrogen) atoms. The number of carbonyl (C=O) groups excluding carboxylic acids is 3. The van der Waals surface area contributed by atoms with Gasteiger partial charge in [0, 0.05) is 12.6 Å². The zero-order valence-corrected chi connectivity index (χ0v) is 11.8. The van der Waals surface area contributed by atoms with E-state index < -0.39 is 23.5 Å². The van der Waals surface area contributed by atoms with Gasteiger partial charge >= 0.3 is 6.09 Å². The van der Waals surface area contributed by atoms with Crippen LogP contribution in [0.25, 0.3) is 0 Å². The first-order valence-electron chi connectivity index (χ1n) is 6.17. The van der Waals surface area contributed by atoms with Gasteiger partial charge in [-0.25, -0.2) is 4.79 Å².